The number of sulfonamides is 1. The van der Waals surface area contributed by atoms with Gasteiger partial charge in [-0.25, -0.2) is 13.1 Å². The van der Waals surface area contributed by atoms with Crippen molar-refractivity contribution in [2.75, 3.05) is 5.75 Å². The minimum atomic E-state index is -3.34. The first-order valence-corrected chi connectivity index (χ1v) is 14.1. The summed E-state index contributed by atoms with van der Waals surface area (Å²) >= 11 is 0. The lowest BCUT2D eigenvalue weighted by molar-refractivity contribution is 0.241. The van der Waals surface area contributed by atoms with Crippen LogP contribution >= 0.6 is 0 Å². The summed E-state index contributed by atoms with van der Waals surface area (Å²) in [7, 11) is -3.34. The molecule has 0 saturated heterocycles. The minimum Gasteiger partial charge on any atom is -0.490 e. The highest BCUT2D eigenvalue weighted by Crippen LogP contribution is 2.38. The minimum absolute atomic E-state index is 0.0471. The summed E-state index contributed by atoms with van der Waals surface area (Å²) < 4.78 is 39.6. The summed E-state index contributed by atoms with van der Waals surface area (Å²) in [4.78, 5) is 4.59. The Hall–Kier alpha value is -3.22. The fourth-order valence-corrected chi connectivity index (χ4v) is 6.36. The molecule has 5 rings (SSSR count). The summed E-state index contributed by atoms with van der Waals surface area (Å²) in [5.74, 6) is 2.00. The maximum absolute atomic E-state index is 12.7. The summed E-state index contributed by atoms with van der Waals surface area (Å²) in [6.45, 7) is 3.81. The van der Waals surface area contributed by atoms with Crippen LogP contribution in [0.3, 0.4) is 0 Å². The zero-order chi connectivity index (χ0) is 25.3. The molecule has 0 amide bonds. The van der Waals surface area contributed by atoms with E-state index in [1.54, 1.807) is 18.2 Å². The highest BCUT2D eigenvalue weighted by atomic mass is 32.2. The molecule has 2 aliphatic rings. The maximum Gasteiger partial charge on any atom is 0.258 e. The third-order valence-corrected chi connectivity index (χ3v) is 8.41. The van der Waals surface area contributed by atoms with E-state index in [2.05, 4.69) is 20.9 Å². The fraction of sp³-hybridized carbons (Fsp3) is 0.444. The largest absolute Gasteiger partial charge is 0.490 e. The molecule has 3 aromatic rings. The predicted molar refractivity (Wildman–Crippen MR) is 136 cm³/mol. The van der Waals surface area contributed by atoms with Gasteiger partial charge in [-0.15, -0.1) is 0 Å². The molecule has 9 heteroatoms. The molecule has 0 radical (unpaired) electrons. The van der Waals surface area contributed by atoms with E-state index in [1.165, 1.54) is 6.42 Å². The van der Waals surface area contributed by atoms with Gasteiger partial charge < -0.3 is 9.26 Å². The molecule has 188 valence electrons. The topological polar surface area (TPSA) is 118 Å². The van der Waals surface area contributed by atoms with Crippen molar-refractivity contribution in [1.29, 1.82) is 5.26 Å². The van der Waals surface area contributed by atoms with Gasteiger partial charge in [-0.3, -0.25) is 0 Å². The molecule has 1 fully saturated rings. The van der Waals surface area contributed by atoms with Crippen molar-refractivity contribution in [2.24, 2.45) is 5.92 Å². The Labute approximate surface area is 211 Å². The van der Waals surface area contributed by atoms with Crippen LogP contribution in [0.2, 0.25) is 0 Å². The van der Waals surface area contributed by atoms with Crippen LogP contribution in [0.4, 0.5) is 0 Å². The molecule has 36 heavy (non-hydrogen) atoms. The Bertz CT molecular complexity index is 1400. The number of ether oxygens (including phenoxy) is 1. The quantitative estimate of drug-likeness (QED) is 0.426. The van der Waals surface area contributed by atoms with Gasteiger partial charge in [0.05, 0.1) is 17.4 Å². The smallest absolute Gasteiger partial charge is 0.258 e. The summed E-state index contributed by atoms with van der Waals surface area (Å²) in [6, 6.07) is 12.9. The lowest BCUT2D eigenvalue weighted by Gasteiger charge is -2.25. The molecule has 0 spiro atoms. The molecule has 8 nitrogen and oxygen atoms in total. The second-order valence-electron chi connectivity index (χ2n) is 9.90. The zero-order valence-electron chi connectivity index (χ0n) is 20.5. The van der Waals surface area contributed by atoms with Crippen molar-refractivity contribution >= 4 is 10.0 Å². The molecular formula is C27H30N4O4S. The van der Waals surface area contributed by atoms with Crippen LogP contribution in [0, 0.1) is 17.2 Å². The average molecular weight is 507 g/mol. The van der Waals surface area contributed by atoms with Crippen LogP contribution in [0.1, 0.15) is 68.7 Å². The lowest BCUT2D eigenvalue weighted by atomic mass is 9.84. The number of hydrogen-bond acceptors (Lipinski definition) is 7. The third kappa shape index (κ3) is 5.15. The van der Waals surface area contributed by atoms with Crippen molar-refractivity contribution in [3.63, 3.8) is 0 Å². The number of rotatable bonds is 9. The first-order chi connectivity index (χ1) is 17.3. The molecule has 2 aromatic carbocycles. The monoisotopic (exact) mass is 506 g/mol. The normalized spacial score (nSPS) is 17.6. The van der Waals surface area contributed by atoms with E-state index in [0.29, 0.717) is 40.9 Å². The number of benzene rings is 2. The van der Waals surface area contributed by atoms with Gasteiger partial charge in [-0.1, -0.05) is 42.6 Å². The van der Waals surface area contributed by atoms with Gasteiger partial charge in [-0.2, -0.15) is 10.2 Å². The van der Waals surface area contributed by atoms with Crippen LogP contribution in [0.25, 0.3) is 22.8 Å². The Morgan fingerprint density at radius 1 is 1.22 bits per heavy atom. The molecule has 0 unspecified atom stereocenters. The Morgan fingerprint density at radius 3 is 2.78 bits per heavy atom. The van der Waals surface area contributed by atoms with Crippen LogP contribution < -0.4 is 9.46 Å². The van der Waals surface area contributed by atoms with Crippen molar-refractivity contribution < 1.29 is 17.7 Å². The van der Waals surface area contributed by atoms with E-state index in [4.69, 9.17) is 9.26 Å². The van der Waals surface area contributed by atoms with E-state index < -0.39 is 10.0 Å². The molecular weight excluding hydrogens is 476 g/mol. The first-order valence-electron chi connectivity index (χ1n) is 12.5. The summed E-state index contributed by atoms with van der Waals surface area (Å²) in [5, 5.41) is 13.7. The molecule has 1 saturated carbocycles. The van der Waals surface area contributed by atoms with E-state index in [-0.39, 0.29) is 17.9 Å². The Morgan fingerprint density at radius 2 is 2.06 bits per heavy atom. The van der Waals surface area contributed by atoms with E-state index in [0.717, 1.165) is 42.4 Å². The summed E-state index contributed by atoms with van der Waals surface area (Å²) in [5.41, 5.74) is 3.86. The number of nitrogens with one attached hydrogen (secondary N) is 1. The highest BCUT2D eigenvalue weighted by Gasteiger charge is 2.30. The van der Waals surface area contributed by atoms with Gasteiger partial charge in [0.2, 0.25) is 15.8 Å². The van der Waals surface area contributed by atoms with Crippen molar-refractivity contribution in [2.45, 2.75) is 64.5 Å². The lowest BCUT2D eigenvalue weighted by Crippen LogP contribution is -2.31. The van der Waals surface area contributed by atoms with Gasteiger partial charge in [0.25, 0.3) is 5.89 Å². The van der Waals surface area contributed by atoms with Crippen LogP contribution in [-0.4, -0.2) is 30.4 Å². The van der Waals surface area contributed by atoms with Crippen molar-refractivity contribution in [3.05, 3.63) is 53.1 Å². The van der Waals surface area contributed by atoms with Crippen molar-refractivity contribution in [1.82, 2.24) is 14.9 Å². The van der Waals surface area contributed by atoms with Crippen LogP contribution in [0.15, 0.2) is 40.9 Å². The van der Waals surface area contributed by atoms with Crippen LogP contribution in [0.5, 0.6) is 5.75 Å². The van der Waals surface area contributed by atoms with Gasteiger partial charge in [0.15, 0.2) is 0 Å². The number of nitrogens with zero attached hydrogens (tertiary/aromatic N) is 3. The number of aromatic nitrogens is 2. The van der Waals surface area contributed by atoms with Crippen molar-refractivity contribution in [3.8, 4) is 34.7 Å². The number of nitriles is 1. The summed E-state index contributed by atoms with van der Waals surface area (Å²) in [6.07, 6.45) is 5.62. The fourth-order valence-electron chi connectivity index (χ4n) is 4.92. The van der Waals surface area contributed by atoms with Gasteiger partial charge in [0.1, 0.15) is 11.8 Å². The Kier molecular flexibility index (Phi) is 6.82. The second kappa shape index (κ2) is 10.0. The first kappa shape index (κ1) is 24.5. The molecule has 1 atom stereocenters. The second-order valence-corrected chi connectivity index (χ2v) is 11.8. The van der Waals surface area contributed by atoms with E-state index >= 15 is 0 Å². The molecule has 1 N–H and O–H groups in total. The zero-order valence-corrected chi connectivity index (χ0v) is 21.3. The van der Waals surface area contributed by atoms with Crippen LogP contribution in [-0.2, 0) is 16.4 Å². The molecule has 0 aliphatic heterocycles. The van der Waals surface area contributed by atoms with Gasteiger partial charge >= 0.3 is 0 Å². The maximum atomic E-state index is 12.7. The third-order valence-electron chi connectivity index (χ3n) is 6.99. The SMILES string of the molecule is CC(C)Oc1ccc(-c2nc(-c3cccc4c3CC[C@@H]4NS(=O)(=O)CCC3CCC3)no2)cc1C#N. The number of hydrogen-bond donors (Lipinski definition) is 1. The molecule has 0 bridgehead atoms. The van der Waals surface area contributed by atoms with Gasteiger partial charge in [-0.05, 0) is 68.4 Å². The predicted octanol–water partition coefficient (Wildman–Crippen LogP) is 5.16. The molecule has 1 aromatic heterocycles. The number of fused-ring (bicyclic) bond motifs is 1. The van der Waals surface area contributed by atoms with Gasteiger partial charge in [0, 0.05) is 17.2 Å². The molecule has 2 aliphatic carbocycles. The standard InChI is InChI=1S/C27H30N4O4S/c1-17(2)34-25-12-9-19(15-20(25)16-28)27-29-26(30-35-27)23-8-4-7-22-21(23)10-11-24(22)31-36(32,33)14-13-18-5-3-6-18/h4,7-9,12,15,17-18,24,31H,3,5-6,10-11,13-14H2,1-2H3/t24-/m0/s1. The highest BCUT2D eigenvalue weighted by molar-refractivity contribution is 7.89. The van der Waals surface area contributed by atoms with E-state index in [9.17, 15) is 13.7 Å². The van der Waals surface area contributed by atoms with E-state index in [1.807, 2.05) is 32.0 Å². The molecule has 1 heterocycles. The average Bonchev–Trinajstić information content (AvgIpc) is 3.45. The Balaban J connectivity index is 1.35.